The van der Waals surface area contributed by atoms with E-state index in [-0.39, 0.29) is 30.3 Å². The van der Waals surface area contributed by atoms with E-state index in [4.69, 9.17) is 11.6 Å². The van der Waals surface area contributed by atoms with Crippen LogP contribution in [0.4, 0.5) is 0 Å². The van der Waals surface area contributed by atoms with Crippen molar-refractivity contribution in [2.24, 2.45) is 5.92 Å². The van der Waals surface area contributed by atoms with E-state index in [1.165, 1.54) is 22.3 Å². The van der Waals surface area contributed by atoms with Gasteiger partial charge >= 0.3 is 0 Å². The predicted molar refractivity (Wildman–Crippen MR) is 150 cm³/mol. The van der Waals surface area contributed by atoms with Crippen LogP contribution >= 0.6 is 22.9 Å². The van der Waals surface area contributed by atoms with E-state index < -0.39 is 16.1 Å². The molecule has 13 heteroatoms. The van der Waals surface area contributed by atoms with Crippen molar-refractivity contribution in [3.8, 4) is 0 Å². The van der Waals surface area contributed by atoms with Gasteiger partial charge in [0.05, 0.1) is 10.9 Å². The molecule has 3 amide bonds. The Morgan fingerprint density at radius 1 is 1.03 bits per heavy atom. The third kappa shape index (κ3) is 7.40. The Morgan fingerprint density at radius 3 is 2.46 bits per heavy atom. The van der Waals surface area contributed by atoms with Gasteiger partial charge < -0.3 is 14.7 Å². The van der Waals surface area contributed by atoms with Crippen LogP contribution in [-0.2, 0) is 24.4 Å². The Kier molecular flexibility index (Phi) is 8.97. The van der Waals surface area contributed by atoms with Gasteiger partial charge in [-0.3, -0.25) is 19.3 Å². The number of hydrogen-bond acceptors (Lipinski definition) is 7. The lowest BCUT2D eigenvalue weighted by atomic mass is 10.1. The van der Waals surface area contributed by atoms with E-state index in [9.17, 15) is 22.8 Å². The number of hydrogen-bond donors (Lipinski definition) is 1. The molecule has 0 spiro atoms. The molecule has 4 heterocycles. The molecule has 5 rings (SSSR count). The summed E-state index contributed by atoms with van der Waals surface area (Å²) in [6.45, 7) is 4.95. The van der Waals surface area contributed by atoms with Gasteiger partial charge in [0.25, 0.3) is 0 Å². The monoisotopic (exact) mass is 597 g/mol. The fraction of sp³-hybridized carbons (Fsp3) is 0.654. The first-order valence-electron chi connectivity index (χ1n) is 13.7. The van der Waals surface area contributed by atoms with Crippen LogP contribution in [0.2, 0.25) is 4.34 Å². The standard InChI is InChI=1S/C26H36ClN5O5S2/c27-23-8-7-21(38-23)9-16-39(36,37)28-22-4-2-10-31(26(22)35)18-24(33)32-11-1-3-20(32)17-29-12-14-30(15-13-29)25(34)19-5-6-19/h7-9,16,19-20,22,28H,1-6,10-15,17-18H2/b16-9+/t20-,22-/m0/s1. The number of nitrogens with one attached hydrogen (secondary N) is 1. The lowest BCUT2D eigenvalue weighted by molar-refractivity contribution is -0.143. The SMILES string of the molecule is O=C(C1CC1)N1CCN(C[C@@H]2CCCN2C(=O)CN2CCC[C@H](NS(=O)(=O)/C=C/c3ccc(Cl)s3)C2=O)CC1. The molecule has 1 aromatic rings. The van der Waals surface area contributed by atoms with E-state index in [1.54, 1.807) is 12.1 Å². The Labute approximate surface area is 239 Å². The minimum absolute atomic E-state index is 0.0409. The number of nitrogens with zero attached hydrogens (tertiary/aromatic N) is 4. The summed E-state index contributed by atoms with van der Waals surface area (Å²) < 4.78 is 28.2. The van der Waals surface area contributed by atoms with Crippen LogP contribution < -0.4 is 4.72 Å². The van der Waals surface area contributed by atoms with Gasteiger partial charge in [-0.2, -0.15) is 4.72 Å². The quantitative estimate of drug-likeness (QED) is 0.465. The molecular formula is C26H36ClN5O5S2. The Bertz CT molecular complexity index is 1210. The maximum atomic E-state index is 13.3. The van der Waals surface area contributed by atoms with Crippen LogP contribution in [-0.4, -0.2) is 110 Å². The molecule has 10 nitrogen and oxygen atoms in total. The molecule has 4 fully saturated rings. The summed E-state index contributed by atoms with van der Waals surface area (Å²) in [5.74, 6) is 0.0843. The van der Waals surface area contributed by atoms with Crippen LogP contribution in [0.5, 0.6) is 0 Å². The van der Waals surface area contributed by atoms with Gasteiger partial charge in [-0.25, -0.2) is 8.42 Å². The zero-order chi connectivity index (χ0) is 27.6. The Balaban J connectivity index is 1.11. The first-order chi connectivity index (χ1) is 18.7. The van der Waals surface area contributed by atoms with Crippen molar-refractivity contribution < 1.29 is 22.8 Å². The van der Waals surface area contributed by atoms with E-state index in [1.807, 2.05) is 9.80 Å². The van der Waals surface area contributed by atoms with Crippen LogP contribution in [0.3, 0.4) is 0 Å². The molecule has 1 aromatic heterocycles. The number of piperazine rings is 1. The van der Waals surface area contributed by atoms with Crippen molar-refractivity contribution in [2.75, 3.05) is 52.4 Å². The summed E-state index contributed by atoms with van der Waals surface area (Å²) in [4.78, 5) is 47.1. The Hall–Kier alpha value is -1.99. The number of carbonyl (C=O) groups is 3. The van der Waals surface area contributed by atoms with Crippen LogP contribution in [0.15, 0.2) is 17.5 Å². The second kappa shape index (κ2) is 12.3. The van der Waals surface area contributed by atoms with Crippen molar-refractivity contribution in [3.63, 3.8) is 0 Å². The smallest absolute Gasteiger partial charge is 0.242 e. The molecule has 0 aromatic carbocycles. The molecule has 214 valence electrons. The molecule has 4 aliphatic rings. The van der Waals surface area contributed by atoms with Crippen molar-refractivity contribution in [1.82, 2.24) is 24.3 Å². The van der Waals surface area contributed by atoms with Crippen LogP contribution in [0.1, 0.15) is 43.4 Å². The number of sulfonamides is 1. The molecule has 0 bridgehead atoms. The third-order valence-electron chi connectivity index (χ3n) is 7.95. The van der Waals surface area contributed by atoms with Crippen molar-refractivity contribution in [2.45, 2.75) is 50.6 Å². The number of amides is 3. The summed E-state index contributed by atoms with van der Waals surface area (Å²) in [5.41, 5.74) is 0. The molecule has 0 unspecified atom stereocenters. The zero-order valence-corrected chi connectivity index (χ0v) is 24.4. The number of rotatable bonds is 9. The van der Waals surface area contributed by atoms with E-state index in [0.29, 0.717) is 41.1 Å². The van der Waals surface area contributed by atoms with Crippen molar-refractivity contribution >= 4 is 56.8 Å². The van der Waals surface area contributed by atoms with E-state index >= 15 is 0 Å². The average molecular weight is 598 g/mol. The second-order valence-corrected chi connectivity index (χ2v) is 14.2. The van der Waals surface area contributed by atoms with Crippen molar-refractivity contribution in [1.29, 1.82) is 0 Å². The number of carbonyl (C=O) groups excluding carboxylic acids is 3. The molecule has 1 N–H and O–H groups in total. The van der Waals surface area contributed by atoms with E-state index in [0.717, 1.165) is 63.8 Å². The molecule has 3 aliphatic heterocycles. The molecular weight excluding hydrogens is 562 g/mol. The molecule has 1 aliphatic carbocycles. The first kappa shape index (κ1) is 28.5. The summed E-state index contributed by atoms with van der Waals surface area (Å²) in [6, 6.07) is 2.61. The average Bonchev–Trinajstić information content (AvgIpc) is 3.52. The molecule has 1 saturated carbocycles. The van der Waals surface area contributed by atoms with E-state index in [2.05, 4.69) is 9.62 Å². The predicted octanol–water partition coefficient (Wildman–Crippen LogP) is 1.83. The molecule has 3 saturated heterocycles. The fourth-order valence-electron chi connectivity index (χ4n) is 5.66. The highest BCUT2D eigenvalue weighted by atomic mass is 35.5. The number of piperidine rings is 1. The van der Waals surface area contributed by atoms with Gasteiger partial charge in [0.1, 0.15) is 6.04 Å². The maximum absolute atomic E-state index is 13.3. The van der Waals surface area contributed by atoms with Crippen LogP contribution in [0, 0.1) is 5.92 Å². The first-order valence-corrected chi connectivity index (χ1v) is 16.5. The lowest BCUT2D eigenvalue weighted by Gasteiger charge is -2.38. The minimum atomic E-state index is -3.85. The zero-order valence-electron chi connectivity index (χ0n) is 22.0. The number of thiophene rings is 1. The summed E-state index contributed by atoms with van der Waals surface area (Å²) in [5, 5.41) is 1.04. The van der Waals surface area contributed by atoms with Crippen LogP contribution in [0.25, 0.3) is 6.08 Å². The highest BCUT2D eigenvalue weighted by molar-refractivity contribution is 7.92. The number of halogens is 1. The highest BCUT2D eigenvalue weighted by Crippen LogP contribution is 2.31. The maximum Gasteiger partial charge on any atom is 0.242 e. The van der Waals surface area contributed by atoms with Gasteiger partial charge in [-0.05, 0) is 56.7 Å². The van der Waals surface area contributed by atoms with Gasteiger partial charge in [0, 0.05) is 68.1 Å². The van der Waals surface area contributed by atoms with Gasteiger partial charge in [0.2, 0.25) is 27.7 Å². The number of likely N-dealkylation sites (tertiary alicyclic amines) is 2. The molecule has 2 atom stereocenters. The largest absolute Gasteiger partial charge is 0.340 e. The fourth-order valence-corrected chi connectivity index (χ4v) is 7.73. The molecule has 39 heavy (non-hydrogen) atoms. The molecule has 0 radical (unpaired) electrons. The summed E-state index contributed by atoms with van der Waals surface area (Å²) in [6.07, 6.45) is 6.35. The van der Waals surface area contributed by atoms with Crippen molar-refractivity contribution in [3.05, 3.63) is 26.8 Å². The van der Waals surface area contributed by atoms with Gasteiger partial charge in [0.15, 0.2) is 0 Å². The second-order valence-electron chi connectivity index (χ2n) is 10.8. The van der Waals surface area contributed by atoms with Gasteiger partial charge in [-0.1, -0.05) is 11.6 Å². The topological polar surface area (TPSA) is 110 Å². The Morgan fingerprint density at radius 2 is 1.77 bits per heavy atom. The highest BCUT2D eigenvalue weighted by Gasteiger charge is 2.37. The summed E-state index contributed by atoms with van der Waals surface area (Å²) in [7, 11) is -3.85. The normalized spacial score (nSPS) is 25.2. The van der Waals surface area contributed by atoms with Gasteiger partial charge in [-0.15, -0.1) is 11.3 Å². The minimum Gasteiger partial charge on any atom is -0.340 e. The summed E-state index contributed by atoms with van der Waals surface area (Å²) >= 11 is 7.16. The lowest BCUT2D eigenvalue weighted by Crippen LogP contribution is -2.56. The third-order valence-corrected chi connectivity index (χ3v) is 10.2.